The first-order chi connectivity index (χ1) is 11.0. The molecular weight excluding hydrogens is 297 g/mol. The lowest BCUT2D eigenvalue weighted by Crippen LogP contribution is -2.40. The van der Waals surface area contributed by atoms with Crippen molar-refractivity contribution in [3.8, 4) is 5.75 Å². The molecule has 1 aliphatic heterocycles. The Labute approximate surface area is 133 Å². The lowest BCUT2D eigenvalue weighted by molar-refractivity contribution is -0.124. The summed E-state index contributed by atoms with van der Waals surface area (Å²) >= 11 is 0. The molecular formula is C17H16FN3O2. The highest BCUT2D eigenvalue weighted by molar-refractivity contribution is 6.07. The normalized spacial score (nSPS) is 20.1. The Balaban J connectivity index is 2.08. The molecule has 2 aromatic carbocycles. The third kappa shape index (κ3) is 2.75. The maximum absolute atomic E-state index is 13.1. The van der Waals surface area contributed by atoms with Crippen LogP contribution in [-0.2, 0) is 16.8 Å². The molecule has 0 bridgehead atoms. The SMILES string of the molecule is COc1cccc([C@@]2(Cc3ccc(F)cc3)N=C(N)NC2=O)c1. The van der Waals surface area contributed by atoms with E-state index in [0.717, 1.165) is 5.56 Å². The lowest BCUT2D eigenvalue weighted by Gasteiger charge is -2.24. The third-order valence-electron chi connectivity index (χ3n) is 3.85. The molecule has 0 aliphatic carbocycles. The van der Waals surface area contributed by atoms with Crippen molar-refractivity contribution in [1.29, 1.82) is 0 Å². The van der Waals surface area contributed by atoms with Gasteiger partial charge in [-0.05, 0) is 35.4 Å². The van der Waals surface area contributed by atoms with E-state index in [4.69, 9.17) is 10.5 Å². The number of benzene rings is 2. The molecule has 0 spiro atoms. The molecule has 5 nitrogen and oxygen atoms in total. The van der Waals surface area contributed by atoms with Crippen LogP contribution in [0.4, 0.5) is 4.39 Å². The number of carbonyl (C=O) groups is 1. The van der Waals surface area contributed by atoms with Crippen LogP contribution in [0.15, 0.2) is 53.5 Å². The number of nitrogens with zero attached hydrogens (tertiary/aromatic N) is 1. The molecule has 1 amide bonds. The molecule has 0 saturated heterocycles. The van der Waals surface area contributed by atoms with Gasteiger partial charge in [-0.1, -0.05) is 24.3 Å². The minimum absolute atomic E-state index is 0.0694. The Morgan fingerprint density at radius 2 is 2.00 bits per heavy atom. The van der Waals surface area contributed by atoms with Gasteiger partial charge >= 0.3 is 0 Å². The highest BCUT2D eigenvalue weighted by Gasteiger charge is 2.45. The molecule has 23 heavy (non-hydrogen) atoms. The molecule has 0 unspecified atom stereocenters. The molecule has 1 aliphatic rings. The van der Waals surface area contributed by atoms with E-state index in [1.165, 1.54) is 12.1 Å². The lowest BCUT2D eigenvalue weighted by atomic mass is 9.84. The smallest absolute Gasteiger partial charge is 0.259 e. The number of hydrogen-bond acceptors (Lipinski definition) is 4. The van der Waals surface area contributed by atoms with Crippen LogP contribution >= 0.6 is 0 Å². The van der Waals surface area contributed by atoms with Crippen molar-refractivity contribution >= 4 is 11.9 Å². The highest BCUT2D eigenvalue weighted by atomic mass is 19.1. The van der Waals surface area contributed by atoms with Gasteiger partial charge in [-0.2, -0.15) is 0 Å². The number of hydrogen-bond donors (Lipinski definition) is 2. The summed E-state index contributed by atoms with van der Waals surface area (Å²) in [6.07, 6.45) is 0.271. The summed E-state index contributed by atoms with van der Waals surface area (Å²) < 4.78 is 18.3. The summed E-state index contributed by atoms with van der Waals surface area (Å²) in [6.45, 7) is 0. The standard InChI is InChI=1S/C17H16FN3O2/c1-23-14-4-2-3-12(9-14)17(15(22)20-16(19)21-17)10-11-5-7-13(18)8-6-11/h2-9H,10H2,1H3,(H3,19,20,21,22)/t17-/m1/s1. The molecule has 1 atom stereocenters. The fraction of sp³-hybridized carbons (Fsp3) is 0.176. The number of methoxy groups -OCH3 is 1. The molecule has 6 heteroatoms. The molecule has 0 aromatic heterocycles. The third-order valence-corrected chi connectivity index (χ3v) is 3.85. The summed E-state index contributed by atoms with van der Waals surface area (Å²) in [6, 6.07) is 13.1. The van der Waals surface area contributed by atoms with E-state index in [-0.39, 0.29) is 24.1 Å². The molecule has 0 fully saturated rings. The van der Waals surface area contributed by atoms with Gasteiger partial charge in [0.1, 0.15) is 11.6 Å². The Morgan fingerprint density at radius 1 is 1.26 bits per heavy atom. The summed E-state index contributed by atoms with van der Waals surface area (Å²) in [5, 5.41) is 2.55. The number of carbonyl (C=O) groups excluding carboxylic acids is 1. The molecule has 3 rings (SSSR count). The van der Waals surface area contributed by atoms with Gasteiger partial charge in [0.05, 0.1) is 7.11 Å². The van der Waals surface area contributed by atoms with Gasteiger partial charge in [0.2, 0.25) is 0 Å². The van der Waals surface area contributed by atoms with Crippen molar-refractivity contribution < 1.29 is 13.9 Å². The van der Waals surface area contributed by atoms with Crippen LogP contribution in [0.3, 0.4) is 0 Å². The second kappa shape index (κ2) is 5.72. The van der Waals surface area contributed by atoms with Gasteiger partial charge in [-0.25, -0.2) is 9.38 Å². The van der Waals surface area contributed by atoms with E-state index < -0.39 is 5.54 Å². The predicted molar refractivity (Wildman–Crippen MR) is 84.5 cm³/mol. The van der Waals surface area contributed by atoms with E-state index in [2.05, 4.69) is 10.3 Å². The number of aliphatic imine (C=N–C) groups is 1. The maximum Gasteiger partial charge on any atom is 0.259 e. The topological polar surface area (TPSA) is 76.7 Å². The number of rotatable bonds is 4. The van der Waals surface area contributed by atoms with E-state index in [0.29, 0.717) is 11.3 Å². The van der Waals surface area contributed by atoms with Crippen LogP contribution in [0, 0.1) is 5.82 Å². The number of nitrogens with one attached hydrogen (secondary N) is 1. The monoisotopic (exact) mass is 313 g/mol. The fourth-order valence-electron chi connectivity index (χ4n) is 2.70. The van der Waals surface area contributed by atoms with E-state index in [1.54, 1.807) is 43.5 Å². The second-order valence-corrected chi connectivity index (χ2v) is 5.35. The summed E-state index contributed by atoms with van der Waals surface area (Å²) in [5.41, 5.74) is 5.98. The largest absolute Gasteiger partial charge is 0.497 e. The number of guanidine groups is 1. The van der Waals surface area contributed by atoms with E-state index in [9.17, 15) is 9.18 Å². The summed E-state index contributed by atoms with van der Waals surface area (Å²) in [7, 11) is 1.55. The number of nitrogens with two attached hydrogens (primary N) is 1. The molecule has 3 N–H and O–H groups in total. The average molecular weight is 313 g/mol. The van der Waals surface area contributed by atoms with Crippen LogP contribution in [-0.4, -0.2) is 19.0 Å². The van der Waals surface area contributed by atoms with E-state index in [1.807, 2.05) is 0 Å². The first-order valence-electron chi connectivity index (χ1n) is 7.09. The van der Waals surface area contributed by atoms with Gasteiger partial charge in [-0.15, -0.1) is 0 Å². The Morgan fingerprint density at radius 3 is 2.61 bits per heavy atom. The molecule has 0 saturated carbocycles. The Kier molecular flexibility index (Phi) is 3.73. The predicted octanol–water partition coefficient (Wildman–Crippen LogP) is 1.72. The minimum atomic E-state index is -1.18. The maximum atomic E-state index is 13.1. The number of amides is 1. The first kappa shape index (κ1) is 15.0. The van der Waals surface area contributed by atoms with Gasteiger partial charge in [0.25, 0.3) is 5.91 Å². The van der Waals surface area contributed by atoms with Crippen LogP contribution in [0.1, 0.15) is 11.1 Å². The minimum Gasteiger partial charge on any atom is -0.497 e. The van der Waals surface area contributed by atoms with E-state index >= 15 is 0 Å². The molecule has 118 valence electrons. The van der Waals surface area contributed by atoms with Crippen molar-refractivity contribution in [2.45, 2.75) is 12.0 Å². The zero-order valence-corrected chi connectivity index (χ0v) is 12.5. The summed E-state index contributed by atoms with van der Waals surface area (Å²) in [5.74, 6) is 0.0463. The molecule has 2 aromatic rings. The van der Waals surface area contributed by atoms with Crippen LogP contribution < -0.4 is 15.8 Å². The van der Waals surface area contributed by atoms with Crippen LogP contribution in [0.2, 0.25) is 0 Å². The average Bonchev–Trinajstić information content (AvgIpc) is 2.84. The Bertz CT molecular complexity index is 774. The Hall–Kier alpha value is -2.89. The first-order valence-corrected chi connectivity index (χ1v) is 7.09. The number of ether oxygens (including phenoxy) is 1. The van der Waals surface area contributed by atoms with Gasteiger partial charge < -0.3 is 10.5 Å². The fourth-order valence-corrected chi connectivity index (χ4v) is 2.70. The van der Waals surface area contributed by atoms with Crippen molar-refractivity contribution in [3.63, 3.8) is 0 Å². The molecule has 1 heterocycles. The van der Waals surface area contributed by atoms with Crippen molar-refractivity contribution in [3.05, 3.63) is 65.5 Å². The highest BCUT2D eigenvalue weighted by Crippen LogP contribution is 2.35. The van der Waals surface area contributed by atoms with Crippen LogP contribution in [0.25, 0.3) is 0 Å². The molecule has 0 radical (unpaired) electrons. The van der Waals surface area contributed by atoms with Crippen molar-refractivity contribution in [2.24, 2.45) is 10.7 Å². The van der Waals surface area contributed by atoms with Crippen molar-refractivity contribution in [2.75, 3.05) is 7.11 Å². The van der Waals surface area contributed by atoms with Gasteiger partial charge in [-0.3, -0.25) is 10.1 Å². The zero-order valence-electron chi connectivity index (χ0n) is 12.5. The van der Waals surface area contributed by atoms with Gasteiger partial charge in [0.15, 0.2) is 11.5 Å². The zero-order chi connectivity index (χ0) is 16.4. The number of halogens is 1. The van der Waals surface area contributed by atoms with Gasteiger partial charge in [0, 0.05) is 6.42 Å². The second-order valence-electron chi connectivity index (χ2n) is 5.35. The quantitative estimate of drug-likeness (QED) is 0.902. The summed E-state index contributed by atoms with van der Waals surface area (Å²) in [4.78, 5) is 16.9. The van der Waals surface area contributed by atoms with Crippen molar-refractivity contribution in [1.82, 2.24) is 5.32 Å². The van der Waals surface area contributed by atoms with Crippen LogP contribution in [0.5, 0.6) is 5.75 Å².